The molecule has 48 heavy (non-hydrogen) atoms. The molecule has 0 radical (unpaired) electrons. The smallest absolute Gasteiger partial charge is 0.265 e. The minimum atomic E-state index is -0.619. The fraction of sp³-hybridized carbons (Fsp3) is 0.553. The van der Waals surface area contributed by atoms with Gasteiger partial charge in [-0.1, -0.05) is 88.4 Å². The van der Waals surface area contributed by atoms with Crippen LogP contribution in [0.4, 0.5) is 5.69 Å². The first-order chi connectivity index (χ1) is 23.2. The Morgan fingerprint density at radius 1 is 0.938 bits per heavy atom. The number of rotatable bonds is 22. The third-order valence-corrected chi connectivity index (χ3v) is 9.09. The number of amides is 1. The van der Waals surface area contributed by atoms with Crippen molar-refractivity contribution in [2.24, 2.45) is 0 Å². The molecule has 0 aliphatic rings. The Balaban J connectivity index is 1.30. The molecule has 10 heteroatoms. The third-order valence-electron chi connectivity index (χ3n) is 8.64. The Labute approximate surface area is 290 Å². The van der Waals surface area contributed by atoms with Crippen LogP contribution in [0.1, 0.15) is 114 Å². The highest BCUT2D eigenvalue weighted by molar-refractivity contribution is 6.34. The second-order valence-electron chi connectivity index (χ2n) is 13.0. The lowest BCUT2D eigenvalue weighted by molar-refractivity contribution is -0.123. The molecule has 1 amide bonds. The summed E-state index contributed by atoms with van der Waals surface area (Å²) < 4.78 is 13.9. The van der Waals surface area contributed by atoms with Crippen molar-refractivity contribution in [3.63, 3.8) is 0 Å². The Morgan fingerprint density at radius 3 is 2.29 bits per heavy atom. The highest BCUT2D eigenvalue weighted by Crippen LogP contribution is 2.27. The monoisotopic (exact) mass is 679 g/mol. The SMILES string of the molecule is CCCCCCCCCCCCC(Oc1ccc(OCC(C)O)cc1C)C(=O)Nc1ccc(CCCc2nnc3c(Cl)c(C)[nH]n23)cc1. The topological polar surface area (TPSA) is 114 Å². The molecule has 262 valence electrons. The summed E-state index contributed by atoms with van der Waals surface area (Å²) in [7, 11) is 0. The highest BCUT2D eigenvalue weighted by Gasteiger charge is 2.22. The van der Waals surface area contributed by atoms with Gasteiger partial charge in [0.1, 0.15) is 23.1 Å². The Hall–Kier alpha value is -3.56. The number of H-pyrrole nitrogens is 1. The fourth-order valence-corrected chi connectivity index (χ4v) is 5.99. The number of carbonyl (C=O) groups is 1. The molecule has 2 aromatic carbocycles. The van der Waals surface area contributed by atoms with Gasteiger partial charge < -0.3 is 19.9 Å². The van der Waals surface area contributed by atoms with Crippen LogP contribution < -0.4 is 14.8 Å². The van der Waals surface area contributed by atoms with Gasteiger partial charge in [0.05, 0.1) is 11.8 Å². The predicted molar refractivity (Wildman–Crippen MR) is 193 cm³/mol. The minimum Gasteiger partial charge on any atom is -0.491 e. The molecular formula is C38H54ClN5O4. The van der Waals surface area contributed by atoms with Crippen LogP contribution in [0.15, 0.2) is 42.5 Å². The molecule has 2 unspecified atom stereocenters. The number of aliphatic hydroxyl groups excluding tert-OH is 1. The highest BCUT2D eigenvalue weighted by atomic mass is 35.5. The number of carbonyl (C=O) groups excluding carboxylic acids is 1. The largest absolute Gasteiger partial charge is 0.491 e. The zero-order valence-corrected chi connectivity index (χ0v) is 30.0. The zero-order valence-electron chi connectivity index (χ0n) is 29.2. The number of ether oxygens (including phenoxy) is 2. The Morgan fingerprint density at radius 2 is 1.62 bits per heavy atom. The summed E-state index contributed by atoms with van der Waals surface area (Å²) in [6, 6.07) is 13.6. The minimum absolute atomic E-state index is 0.150. The average molecular weight is 680 g/mol. The summed E-state index contributed by atoms with van der Waals surface area (Å²) in [6.07, 6.45) is 14.3. The van der Waals surface area contributed by atoms with Gasteiger partial charge in [-0.25, -0.2) is 4.52 Å². The number of nitrogens with zero attached hydrogens (tertiary/aromatic N) is 3. The van der Waals surface area contributed by atoms with Gasteiger partial charge in [-0.3, -0.25) is 9.89 Å². The van der Waals surface area contributed by atoms with E-state index in [0.717, 1.165) is 54.9 Å². The van der Waals surface area contributed by atoms with Gasteiger partial charge in [-0.05, 0) is 87.9 Å². The molecule has 2 heterocycles. The van der Waals surface area contributed by atoms with Crippen LogP contribution >= 0.6 is 11.6 Å². The van der Waals surface area contributed by atoms with E-state index in [9.17, 15) is 9.90 Å². The van der Waals surface area contributed by atoms with Crippen LogP contribution in [-0.2, 0) is 17.6 Å². The van der Waals surface area contributed by atoms with Gasteiger partial charge >= 0.3 is 0 Å². The van der Waals surface area contributed by atoms with E-state index < -0.39 is 12.2 Å². The van der Waals surface area contributed by atoms with Crippen LogP contribution in [0.3, 0.4) is 0 Å². The van der Waals surface area contributed by atoms with E-state index in [-0.39, 0.29) is 12.5 Å². The number of aliphatic hydroxyl groups is 1. The van der Waals surface area contributed by atoms with Gasteiger partial charge in [0, 0.05) is 12.1 Å². The second-order valence-corrected chi connectivity index (χ2v) is 13.4. The van der Waals surface area contributed by atoms with Crippen molar-refractivity contribution in [2.75, 3.05) is 11.9 Å². The van der Waals surface area contributed by atoms with E-state index in [4.69, 9.17) is 21.1 Å². The number of unbranched alkanes of at least 4 members (excludes halogenated alkanes) is 9. The van der Waals surface area contributed by atoms with Crippen molar-refractivity contribution in [1.29, 1.82) is 0 Å². The van der Waals surface area contributed by atoms with Crippen LogP contribution in [-0.4, -0.2) is 49.6 Å². The van der Waals surface area contributed by atoms with Gasteiger partial charge in [-0.2, -0.15) is 0 Å². The second kappa shape index (κ2) is 19.4. The van der Waals surface area contributed by atoms with Crippen molar-refractivity contribution < 1.29 is 19.4 Å². The summed E-state index contributed by atoms with van der Waals surface area (Å²) in [5.41, 5.74) is 4.34. The first kappa shape index (κ1) is 37.3. The molecular weight excluding hydrogens is 626 g/mol. The van der Waals surface area contributed by atoms with E-state index in [1.165, 1.54) is 56.9 Å². The van der Waals surface area contributed by atoms with E-state index in [2.05, 4.69) is 39.7 Å². The van der Waals surface area contributed by atoms with Crippen LogP contribution in [0.2, 0.25) is 5.02 Å². The normalized spacial score (nSPS) is 12.7. The number of nitrogens with one attached hydrogen (secondary N) is 2. The maximum atomic E-state index is 13.6. The number of benzene rings is 2. The maximum Gasteiger partial charge on any atom is 0.265 e. The molecule has 3 N–H and O–H groups in total. The lowest BCUT2D eigenvalue weighted by Gasteiger charge is -2.21. The van der Waals surface area contributed by atoms with Crippen molar-refractivity contribution in [3.05, 3.63) is 70.1 Å². The number of hydrogen-bond acceptors (Lipinski definition) is 6. The molecule has 2 atom stereocenters. The van der Waals surface area contributed by atoms with Crippen molar-refractivity contribution in [2.45, 2.75) is 130 Å². The molecule has 0 saturated carbocycles. The molecule has 9 nitrogen and oxygen atoms in total. The summed E-state index contributed by atoms with van der Waals surface area (Å²) in [5, 5.41) is 24.9. The molecule has 0 aliphatic carbocycles. The number of aromatic amines is 1. The quantitative estimate of drug-likeness (QED) is 0.0715. The number of halogens is 1. The standard InChI is InChI=1S/C38H54ClN5O4/c1-5-6-7-8-9-10-11-12-13-14-17-34(48-33-24-23-32(25-27(33)2)47-26-28(3)45)38(46)40-31-21-19-30(20-22-31)16-15-18-35-41-42-37-36(39)29(4)43-44(35)37/h19-25,28,34,43,45H,5-18,26H2,1-4H3,(H,40,46). The lowest BCUT2D eigenvalue weighted by Crippen LogP contribution is -2.33. The van der Waals surface area contributed by atoms with Gasteiger partial charge in [0.25, 0.3) is 5.91 Å². The van der Waals surface area contributed by atoms with E-state index in [1.54, 1.807) is 6.92 Å². The number of anilines is 1. The summed E-state index contributed by atoms with van der Waals surface area (Å²) in [6.45, 7) is 8.02. The zero-order chi connectivity index (χ0) is 34.3. The predicted octanol–water partition coefficient (Wildman–Crippen LogP) is 8.96. The van der Waals surface area contributed by atoms with Crippen LogP contribution in [0.25, 0.3) is 5.65 Å². The van der Waals surface area contributed by atoms with Crippen molar-refractivity contribution in [1.82, 2.24) is 19.8 Å². The molecule has 0 saturated heterocycles. The number of hydrogen-bond donors (Lipinski definition) is 3. The summed E-state index contributed by atoms with van der Waals surface area (Å²) in [5.74, 6) is 2.02. The molecule has 4 rings (SSSR count). The third kappa shape index (κ3) is 11.5. The Kier molecular flexibility index (Phi) is 15.1. The number of fused-ring (bicyclic) bond motifs is 1. The molecule has 0 bridgehead atoms. The summed E-state index contributed by atoms with van der Waals surface area (Å²) in [4.78, 5) is 13.6. The number of aryl methyl sites for hydroxylation is 4. The summed E-state index contributed by atoms with van der Waals surface area (Å²) >= 11 is 6.29. The molecule has 0 spiro atoms. The lowest BCUT2D eigenvalue weighted by atomic mass is 10.0. The Bertz CT molecular complexity index is 1550. The van der Waals surface area contributed by atoms with Crippen LogP contribution in [0.5, 0.6) is 11.5 Å². The van der Waals surface area contributed by atoms with E-state index in [1.807, 2.05) is 48.7 Å². The molecule has 4 aromatic rings. The van der Waals surface area contributed by atoms with Gasteiger partial charge in [0.2, 0.25) is 0 Å². The fourth-order valence-electron chi connectivity index (χ4n) is 5.83. The average Bonchev–Trinajstić information content (AvgIpc) is 3.59. The molecule has 0 aliphatic heterocycles. The van der Waals surface area contributed by atoms with E-state index in [0.29, 0.717) is 28.6 Å². The maximum absolute atomic E-state index is 13.6. The van der Waals surface area contributed by atoms with E-state index >= 15 is 0 Å². The first-order valence-electron chi connectivity index (χ1n) is 17.8. The number of aromatic nitrogens is 4. The van der Waals surface area contributed by atoms with Crippen LogP contribution in [0, 0.1) is 13.8 Å². The van der Waals surface area contributed by atoms with Gasteiger partial charge in [0.15, 0.2) is 17.6 Å². The molecule has 0 fully saturated rings. The van der Waals surface area contributed by atoms with Crippen molar-refractivity contribution in [3.8, 4) is 11.5 Å². The van der Waals surface area contributed by atoms with Crippen molar-refractivity contribution >= 4 is 28.8 Å². The molecule has 2 aromatic heterocycles. The van der Waals surface area contributed by atoms with Gasteiger partial charge in [-0.15, -0.1) is 10.2 Å². The first-order valence-corrected chi connectivity index (χ1v) is 18.2.